The molecule has 0 fully saturated rings. The van der Waals surface area contributed by atoms with Gasteiger partial charge in [-0.2, -0.15) is 15.1 Å². The monoisotopic (exact) mass is 469 g/mol. The first-order valence-corrected chi connectivity index (χ1v) is 11.6. The Hall–Kier alpha value is -2.84. The van der Waals surface area contributed by atoms with Crippen LogP contribution in [0.5, 0.6) is 5.75 Å². The van der Waals surface area contributed by atoms with Gasteiger partial charge in [0.2, 0.25) is 5.17 Å². The van der Waals surface area contributed by atoms with Crippen molar-refractivity contribution in [3.05, 3.63) is 51.8 Å². The lowest BCUT2D eigenvalue weighted by atomic mass is 10.1. The molecule has 1 N–H and O–H groups in total. The van der Waals surface area contributed by atoms with Gasteiger partial charge in [-0.3, -0.25) is 10.2 Å². The molecule has 0 unspecified atom stereocenters. The molecule has 0 saturated carbocycles. The topological polar surface area (TPSA) is 83.0 Å². The Morgan fingerprint density at radius 1 is 1.28 bits per heavy atom. The van der Waals surface area contributed by atoms with E-state index in [1.807, 2.05) is 36.6 Å². The maximum atomic E-state index is 12.8. The summed E-state index contributed by atoms with van der Waals surface area (Å²) in [5, 5.41) is 16.5. The summed E-state index contributed by atoms with van der Waals surface area (Å²) in [5.74, 6) is 0.309. The second-order valence-corrected chi connectivity index (χ2v) is 9.07. The minimum Gasteiger partial charge on any atom is -0.495 e. The molecule has 0 atom stereocenters. The van der Waals surface area contributed by atoms with E-state index < -0.39 is 5.91 Å². The van der Waals surface area contributed by atoms with Crippen LogP contribution in [0.2, 0.25) is 5.02 Å². The Balaban J connectivity index is 1.72. The highest BCUT2D eigenvalue weighted by atomic mass is 35.5. The van der Waals surface area contributed by atoms with Crippen LogP contribution < -0.4 is 4.74 Å². The van der Waals surface area contributed by atoms with Crippen molar-refractivity contribution in [2.45, 2.75) is 40.0 Å². The predicted octanol–water partition coefficient (Wildman–Crippen LogP) is 5.57. The van der Waals surface area contributed by atoms with Crippen LogP contribution >= 0.6 is 23.4 Å². The third-order valence-corrected chi connectivity index (χ3v) is 6.60. The number of carbonyl (C=O) groups is 1. The zero-order chi connectivity index (χ0) is 23.0. The lowest BCUT2D eigenvalue weighted by Crippen LogP contribution is -2.35. The Morgan fingerprint density at radius 2 is 2.06 bits per heavy atom. The quantitative estimate of drug-likeness (QED) is 0.561. The zero-order valence-electron chi connectivity index (χ0n) is 18.4. The van der Waals surface area contributed by atoms with Gasteiger partial charge in [0.15, 0.2) is 5.84 Å². The first kappa shape index (κ1) is 22.4. The zero-order valence-corrected chi connectivity index (χ0v) is 20.0. The SMILES string of the molecule is CCCCC1=NN2C(=N)/C(=C/c3cc(C)n(-c4cc(Cl)ccc4OC)c3C)C(=O)N=C2S1. The van der Waals surface area contributed by atoms with E-state index >= 15 is 0 Å². The van der Waals surface area contributed by atoms with Crippen molar-refractivity contribution in [2.75, 3.05) is 7.11 Å². The molecule has 32 heavy (non-hydrogen) atoms. The van der Waals surface area contributed by atoms with Gasteiger partial charge in [0.25, 0.3) is 5.91 Å². The van der Waals surface area contributed by atoms with E-state index in [1.165, 1.54) is 16.8 Å². The number of hydrazone groups is 1. The lowest BCUT2D eigenvalue weighted by molar-refractivity contribution is -0.114. The molecule has 1 aromatic heterocycles. The van der Waals surface area contributed by atoms with Gasteiger partial charge in [-0.15, -0.1) is 0 Å². The average molecular weight is 470 g/mol. The van der Waals surface area contributed by atoms with Crippen molar-refractivity contribution in [3.63, 3.8) is 0 Å². The van der Waals surface area contributed by atoms with Crippen molar-refractivity contribution in [2.24, 2.45) is 10.1 Å². The number of nitrogens with one attached hydrogen (secondary N) is 1. The van der Waals surface area contributed by atoms with Crippen molar-refractivity contribution in [3.8, 4) is 11.4 Å². The summed E-state index contributed by atoms with van der Waals surface area (Å²) >= 11 is 7.61. The van der Waals surface area contributed by atoms with Gasteiger partial charge in [-0.1, -0.05) is 24.9 Å². The van der Waals surface area contributed by atoms with Gasteiger partial charge in [-0.05, 0) is 74.4 Å². The van der Waals surface area contributed by atoms with Crippen LogP contribution in [0.15, 0.2) is 39.9 Å². The standard InChI is InChI=1S/C23H24ClN5O2S/c1-5-6-7-20-27-29-21(25)17(22(30)26-23(29)32-20)11-15-10-13(2)28(14(15)3)18-12-16(24)8-9-19(18)31-4/h8-12,25H,5-7H2,1-4H3/b17-11-,25-21?. The molecule has 0 bridgehead atoms. The number of nitrogens with zero attached hydrogens (tertiary/aromatic N) is 4. The number of fused-ring (bicyclic) bond motifs is 1. The van der Waals surface area contributed by atoms with Crippen LogP contribution in [-0.2, 0) is 4.79 Å². The maximum Gasteiger partial charge on any atom is 0.283 e. The fourth-order valence-corrected chi connectivity index (χ4v) is 4.85. The second-order valence-electron chi connectivity index (χ2n) is 7.60. The highest BCUT2D eigenvalue weighted by Crippen LogP contribution is 2.33. The van der Waals surface area contributed by atoms with Gasteiger partial charge in [-0.25, -0.2) is 0 Å². The summed E-state index contributed by atoms with van der Waals surface area (Å²) in [7, 11) is 1.62. The molecule has 0 aliphatic carbocycles. The molecule has 166 valence electrons. The van der Waals surface area contributed by atoms with Gasteiger partial charge in [0, 0.05) is 16.4 Å². The molecule has 7 nitrogen and oxygen atoms in total. The Labute approximate surface area is 196 Å². The van der Waals surface area contributed by atoms with Gasteiger partial charge < -0.3 is 9.30 Å². The molecule has 0 spiro atoms. The summed E-state index contributed by atoms with van der Waals surface area (Å²) in [6.45, 7) is 6.05. The maximum absolute atomic E-state index is 12.8. The molecule has 0 saturated heterocycles. The number of amides is 1. The molecule has 4 rings (SSSR count). The summed E-state index contributed by atoms with van der Waals surface area (Å²) in [6.07, 6.45) is 4.60. The largest absolute Gasteiger partial charge is 0.495 e. The van der Waals surface area contributed by atoms with E-state index in [0.717, 1.165) is 46.9 Å². The molecule has 3 heterocycles. The highest BCUT2D eigenvalue weighted by molar-refractivity contribution is 8.26. The van der Waals surface area contributed by atoms with E-state index in [9.17, 15) is 4.79 Å². The number of methoxy groups -OCH3 is 1. The van der Waals surface area contributed by atoms with Crippen LogP contribution in [-0.4, -0.2) is 38.6 Å². The normalized spacial score (nSPS) is 17.0. The summed E-state index contributed by atoms with van der Waals surface area (Å²) in [6, 6.07) is 7.42. The first-order valence-electron chi connectivity index (χ1n) is 10.4. The number of hydrogen-bond acceptors (Lipinski definition) is 5. The number of hydrogen-bond donors (Lipinski definition) is 1. The lowest BCUT2D eigenvalue weighted by Gasteiger charge is -2.20. The Kier molecular flexibility index (Phi) is 6.26. The first-order chi connectivity index (χ1) is 15.3. The van der Waals surface area contributed by atoms with Crippen LogP contribution in [0.3, 0.4) is 0 Å². The Morgan fingerprint density at radius 3 is 2.78 bits per heavy atom. The number of benzene rings is 1. The Bertz CT molecular complexity index is 1210. The molecular weight excluding hydrogens is 446 g/mol. The minimum absolute atomic E-state index is 0.0455. The number of thioether (sulfide) groups is 1. The third kappa shape index (κ3) is 4.00. The third-order valence-electron chi connectivity index (χ3n) is 5.39. The summed E-state index contributed by atoms with van der Waals surface area (Å²) in [5.41, 5.74) is 3.69. The summed E-state index contributed by atoms with van der Waals surface area (Å²) in [4.78, 5) is 16.9. The van der Waals surface area contributed by atoms with E-state index in [0.29, 0.717) is 15.9 Å². The highest BCUT2D eigenvalue weighted by Gasteiger charge is 2.35. The number of unbranched alkanes of at least 4 members (excludes halogenated alkanes) is 1. The van der Waals surface area contributed by atoms with E-state index in [4.69, 9.17) is 21.7 Å². The van der Waals surface area contributed by atoms with Crippen molar-refractivity contribution >= 4 is 51.4 Å². The number of amidine groups is 2. The van der Waals surface area contributed by atoms with E-state index in [2.05, 4.69) is 17.0 Å². The molecule has 2 aromatic rings. The second kappa shape index (κ2) is 8.96. The smallest absolute Gasteiger partial charge is 0.283 e. The van der Waals surface area contributed by atoms with Gasteiger partial charge in [0.1, 0.15) is 10.8 Å². The van der Waals surface area contributed by atoms with Gasteiger partial charge in [0.05, 0.1) is 18.4 Å². The number of aliphatic imine (C=N–C) groups is 1. The van der Waals surface area contributed by atoms with Crippen LogP contribution in [0, 0.1) is 19.3 Å². The number of halogens is 1. The fourth-order valence-electron chi connectivity index (χ4n) is 3.76. The van der Waals surface area contributed by atoms with Crippen LogP contribution in [0.25, 0.3) is 11.8 Å². The van der Waals surface area contributed by atoms with Gasteiger partial charge >= 0.3 is 0 Å². The molecule has 9 heteroatoms. The van der Waals surface area contributed by atoms with E-state index in [-0.39, 0.29) is 11.4 Å². The summed E-state index contributed by atoms with van der Waals surface area (Å²) < 4.78 is 7.54. The minimum atomic E-state index is -0.425. The molecule has 1 amide bonds. The molecule has 1 aromatic carbocycles. The number of carbonyl (C=O) groups excluding carboxylic acids is 1. The predicted molar refractivity (Wildman–Crippen MR) is 131 cm³/mol. The number of aromatic nitrogens is 1. The van der Waals surface area contributed by atoms with Crippen LogP contribution in [0.4, 0.5) is 0 Å². The average Bonchev–Trinajstić information content (AvgIpc) is 3.29. The van der Waals surface area contributed by atoms with Crippen molar-refractivity contribution < 1.29 is 9.53 Å². The van der Waals surface area contributed by atoms with Crippen molar-refractivity contribution in [1.29, 1.82) is 5.41 Å². The molecular formula is C23H24ClN5O2S. The number of ether oxygens (including phenoxy) is 1. The van der Waals surface area contributed by atoms with E-state index in [1.54, 1.807) is 19.3 Å². The molecule has 2 aliphatic heterocycles. The fraction of sp³-hybridized carbons (Fsp3) is 0.304. The van der Waals surface area contributed by atoms with Crippen molar-refractivity contribution in [1.82, 2.24) is 9.58 Å². The van der Waals surface area contributed by atoms with Crippen LogP contribution in [0.1, 0.15) is 43.1 Å². The molecule has 0 radical (unpaired) electrons. The molecule has 2 aliphatic rings. The number of rotatable bonds is 6. The number of aryl methyl sites for hydroxylation is 1.